The second-order valence-corrected chi connectivity index (χ2v) is 9.16. The van der Waals surface area contributed by atoms with Crippen molar-refractivity contribution in [2.75, 3.05) is 19.4 Å². The molecule has 0 heterocycles. The maximum Gasteiger partial charge on any atom is 0.242 e. The van der Waals surface area contributed by atoms with Crippen LogP contribution in [0.15, 0.2) is 23.1 Å². The van der Waals surface area contributed by atoms with Crippen LogP contribution in [0, 0.1) is 24.7 Å². The van der Waals surface area contributed by atoms with Crippen LogP contribution in [-0.4, -0.2) is 32.7 Å². The van der Waals surface area contributed by atoms with Gasteiger partial charge >= 0.3 is 0 Å². The van der Waals surface area contributed by atoms with E-state index < -0.39 is 10.0 Å². The number of carbonyl (C=O) groups excluding carboxylic acids is 1. The maximum absolute atomic E-state index is 12.5. The van der Waals surface area contributed by atoms with Crippen LogP contribution in [0.4, 0.5) is 5.69 Å². The molecule has 6 heteroatoms. The van der Waals surface area contributed by atoms with Gasteiger partial charge in [-0.1, -0.05) is 12.5 Å². The normalized spacial score (nSPS) is 26.7. The number of rotatable bonds is 4. The van der Waals surface area contributed by atoms with Crippen LogP contribution in [-0.2, 0) is 14.8 Å². The van der Waals surface area contributed by atoms with Gasteiger partial charge in [-0.05, 0) is 55.7 Å². The molecular weight excluding hydrogens is 312 g/mol. The summed E-state index contributed by atoms with van der Waals surface area (Å²) in [4.78, 5) is 12.8. The SMILES string of the molecule is Cc1ccc(NC(=O)[C@H]2C[C@H]3CC[C@H]2C3)cc1S(=O)(=O)N(C)C. The molecule has 2 bridgehead atoms. The third-order valence-corrected chi connectivity index (χ3v) is 7.25. The summed E-state index contributed by atoms with van der Waals surface area (Å²) in [7, 11) is -0.493. The molecule has 2 aliphatic carbocycles. The smallest absolute Gasteiger partial charge is 0.242 e. The Kier molecular flexibility index (Phi) is 4.23. The largest absolute Gasteiger partial charge is 0.326 e. The lowest BCUT2D eigenvalue weighted by Crippen LogP contribution is -2.27. The molecule has 2 fully saturated rings. The van der Waals surface area contributed by atoms with Gasteiger partial charge in [0, 0.05) is 25.7 Å². The topological polar surface area (TPSA) is 66.5 Å². The molecule has 2 saturated carbocycles. The Hall–Kier alpha value is -1.40. The predicted molar refractivity (Wildman–Crippen MR) is 89.6 cm³/mol. The first kappa shape index (κ1) is 16.5. The fourth-order valence-corrected chi connectivity index (χ4v) is 5.10. The van der Waals surface area contributed by atoms with Gasteiger partial charge in [-0.25, -0.2) is 12.7 Å². The molecule has 3 rings (SSSR count). The van der Waals surface area contributed by atoms with Crippen molar-refractivity contribution in [2.45, 2.75) is 37.5 Å². The van der Waals surface area contributed by atoms with Gasteiger partial charge in [0.05, 0.1) is 4.90 Å². The molecule has 1 N–H and O–H groups in total. The van der Waals surface area contributed by atoms with Crippen molar-refractivity contribution in [3.8, 4) is 0 Å². The molecule has 2 aliphatic rings. The number of nitrogens with zero attached hydrogens (tertiary/aromatic N) is 1. The molecule has 23 heavy (non-hydrogen) atoms. The Morgan fingerprint density at radius 1 is 1.22 bits per heavy atom. The number of benzene rings is 1. The summed E-state index contributed by atoms with van der Waals surface area (Å²) in [5.41, 5.74) is 1.24. The molecule has 1 amide bonds. The number of anilines is 1. The highest BCUT2D eigenvalue weighted by atomic mass is 32.2. The Balaban J connectivity index is 1.80. The Bertz CT molecular complexity index is 727. The van der Waals surface area contributed by atoms with E-state index in [-0.39, 0.29) is 16.7 Å². The van der Waals surface area contributed by atoms with E-state index in [0.29, 0.717) is 23.1 Å². The Morgan fingerprint density at radius 2 is 1.96 bits per heavy atom. The lowest BCUT2D eigenvalue weighted by molar-refractivity contribution is -0.121. The molecular formula is C17H24N2O3S. The molecule has 1 aromatic rings. The molecule has 0 unspecified atom stereocenters. The summed E-state index contributed by atoms with van der Waals surface area (Å²) in [6, 6.07) is 5.08. The number of nitrogens with one attached hydrogen (secondary N) is 1. The molecule has 5 nitrogen and oxygen atoms in total. The van der Waals surface area contributed by atoms with Gasteiger partial charge in [0.2, 0.25) is 15.9 Å². The van der Waals surface area contributed by atoms with Crippen molar-refractivity contribution in [3.05, 3.63) is 23.8 Å². The first-order valence-electron chi connectivity index (χ1n) is 8.13. The van der Waals surface area contributed by atoms with Gasteiger partial charge in [0.1, 0.15) is 0 Å². The summed E-state index contributed by atoms with van der Waals surface area (Å²) in [6.07, 6.45) is 4.55. The fraction of sp³-hybridized carbons (Fsp3) is 0.588. The number of fused-ring (bicyclic) bond motifs is 2. The van der Waals surface area contributed by atoms with Gasteiger partial charge in [-0.3, -0.25) is 4.79 Å². The van der Waals surface area contributed by atoms with E-state index in [0.717, 1.165) is 12.8 Å². The van der Waals surface area contributed by atoms with E-state index in [2.05, 4.69) is 5.32 Å². The number of hydrogen-bond donors (Lipinski definition) is 1. The van der Waals surface area contributed by atoms with E-state index in [1.54, 1.807) is 25.1 Å². The van der Waals surface area contributed by atoms with Crippen LogP contribution >= 0.6 is 0 Å². The van der Waals surface area contributed by atoms with Crippen molar-refractivity contribution >= 4 is 21.6 Å². The minimum Gasteiger partial charge on any atom is -0.326 e. The van der Waals surface area contributed by atoms with E-state index in [1.165, 1.54) is 31.2 Å². The van der Waals surface area contributed by atoms with Crippen LogP contribution in [0.1, 0.15) is 31.2 Å². The Morgan fingerprint density at radius 3 is 2.52 bits per heavy atom. The molecule has 0 radical (unpaired) electrons. The zero-order chi connectivity index (χ0) is 16.8. The average Bonchev–Trinajstić information content (AvgIpc) is 3.11. The summed E-state index contributed by atoms with van der Waals surface area (Å²) in [5, 5.41) is 2.93. The van der Waals surface area contributed by atoms with Crippen molar-refractivity contribution in [2.24, 2.45) is 17.8 Å². The second kappa shape index (κ2) is 5.91. The zero-order valence-corrected chi connectivity index (χ0v) is 14.7. The molecule has 0 spiro atoms. The standard InChI is InChI=1S/C17H24N2O3S/c1-11-4-7-14(10-16(11)23(21,22)19(2)3)18-17(20)15-9-12-5-6-13(15)8-12/h4,7,10,12-13,15H,5-6,8-9H2,1-3H3,(H,18,20)/t12-,13-,15-/m0/s1. The van der Waals surface area contributed by atoms with E-state index in [9.17, 15) is 13.2 Å². The summed E-state index contributed by atoms with van der Waals surface area (Å²) < 4.78 is 25.9. The monoisotopic (exact) mass is 336 g/mol. The third kappa shape index (κ3) is 3.02. The van der Waals surface area contributed by atoms with E-state index in [1.807, 2.05) is 0 Å². The van der Waals surface area contributed by atoms with Crippen LogP contribution in [0.25, 0.3) is 0 Å². The quantitative estimate of drug-likeness (QED) is 0.919. The van der Waals surface area contributed by atoms with Crippen molar-refractivity contribution in [1.29, 1.82) is 0 Å². The molecule has 0 saturated heterocycles. The number of carbonyl (C=O) groups is 1. The predicted octanol–water partition coefficient (Wildman–Crippen LogP) is 2.62. The molecule has 1 aromatic carbocycles. The van der Waals surface area contributed by atoms with Crippen LogP contribution in [0.5, 0.6) is 0 Å². The van der Waals surface area contributed by atoms with Crippen molar-refractivity contribution in [1.82, 2.24) is 4.31 Å². The summed E-state index contributed by atoms with van der Waals surface area (Å²) >= 11 is 0. The summed E-state index contributed by atoms with van der Waals surface area (Å²) in [6.45, 7) is 1.76. The highest BCUT2D eigenvalue weighted by molar-refractivity contribution is 7.89. The Labute approximate surface area is 138 Å². The van der Waals surface area contributed by atoms with Gasteiger partial charge in [-0.15, -0.1) is 0 Å². The highest BCUT2D eigenvalue weighted by Crippen LogP contribution is 2.48. The summed E-state index contributed by atoms with van der Waals surface area (Å²) in [5.74, 6) is 1.34. The van der Waals surface area contributed by atoms with Crippen molar-refractivity contribution < 1.29 is 13.2 Å². The first-order chi connectivity index (χ1) is 10.8. The molecule has 0 aliphatic heterocycles. The fourth-order valence-electron chi connectivity index (χ4n) is 3.95. The van der Waals surface area contributed by atoms with Gasteiger partial charge in [0.25, 0.3) is 0 Å². The highest BCUT2D eigenvalue weighted by Gasteiger charge is 2.43. The van der Waals surface area contributed by atoms with Crippen LogP contribution < -0.4 is 5.32 Å². The van der Waals surface area contributed by atoms with E-state index >= 15 is 0 Å². The lowest BCUT2D eigenvalue weighted by atomic mass is 9.88. The van der Waals surface area contributed by atoms with Gasteiger partial charge in [-0.2, -0.15) is 0 Å². The minimum absolute atomic E-state index is 0.0363. The lowest BCUT2D eigenvalue weighted by Gasteiger charge is -2.21. The van der Waals surface area contributed by atoms with Gasteiger partial charge < -0.3 is 5.32 Å². The third-order valence-electron chi connectivity index (χ3n) is 5.29. The average molecular weight is 336 g/mol. The van der Waals surface area contributed by atoms with Crippen molar-refractivity contribution in [3.63, 3.8) is 0 Å². The van der Waals surface area contributed by atoms with E-state index in [4.69, 9.17) is 0 Å². The zero-order valence-electron chi connectivity index (χ0n) is 13.9. The number of sulfonamides is 1. The number of aryl methyl sites for hydroxylation is 1. The number of hydrogen-bond acceptors (Lipinski definition) is 3. The molecule has 3 atom stereocenters. The molecule has 0 aromatic heterocycles. The van der Waals surface area contributed by atoms with Gasteiger partial charge in [0.15, 0.2) is 0 Å². The number of amides is 1. The van der Waals surface area contributed by atoms with Crippen LogP contribution in [0.3, 0.4) is 0 Å². The van der Waals surface area contributed by atoms with Crippen LogP contribution in [0.2, 0.25) is 0 Å². The molecule has 126 valence electrons. The maximum atomic E-state index is 12.5. The second-order valence-electron chi connectivity index (χ2n) is 7.04. The minimum atomic E-state index is -3.51. The first-order valence-corrected chi connectivity index (χ1v) is 9.57.